The van der Waals surface area contributed by atoms with E-state index in [2.05, 4.69) is 16.4 Å². The molecule has 0 bridgehead atoms. The number of rotatable bonds is 9. The van der Waals surface area contributed by atoms with Crippen LogP contribution in [0.25, 0.3) is 10.9 Å². The van der Waals surface area contributed by atoms with Gasteiger partial charge in [0.15, 0.2) is 5.16 Å². The fourth-order valence-electron chi connectivity index (χ4n) is 3.34. The topological polar surface area (TPSA) is 73.2 Å². The van der Waals surface area contributed by atoms with Crippen LogP contribution < -0.4 is 10.9 Å². The van der Waals surface area contributed by atoms with Gasteiger partial charge in [0.25, 0.3) is 5.56 Å². The summed E-state index contributed by atoms with van der Waals surface area (Å²) in [5.74, 6) is 0.134. The highest BCUT2D eigenvalue weighted by Gasteiger charge is 2.14. The summed E-state index contributed by atoms with van der Waals surface area (Å²) in [6.45, 7) is 1.40. The van der Waals surface area contributed by atoms with Gasteiger partial charge in [0, 0.05) is 18.7 Å². The van der Waals surface area contributed by atoms with Gasteiger partial charge in [0.05, 0.1) is 29.8 Å². The first-order chi connectivity index (χ1) is 14.1. The zero-order valence-electron chi connectivity index (χ0n) is 16.6. The van der Waals surface area contributed by atoms with Crippen LogP contribution in [-0.4, -0.2) is 41.5 Å². The van der Waals surface area contributed by atoms with Gasteiger partial charge in [-0.25, -0.2) is 4.98 Å². The predicted octanol–water partition coefficient (Wildman–Crippen LogP) is 3.80. The van der Waals surface area contributed by atoms with Crippen molar-refractivity contribution in [1.29, 1.82) is 0 Å². The number of hydrogen-bond acceptors (Lipinski definition) is 5. The molecule has 1 heterocycles. The number of carbonyl (C=O) groups is 1. The molecule has 0 unspecified atom stereocenters. The number of aromatic nitrogens is 2. The minimum absolute atomic E-state index is 0.0647. The average Bonchev–Trinajstić information content (AvgIpc) is 2.72. The molecule has 1 aliphatic rings. The second-order valence-electron chi connectivity index (χ2n) is 7.00. The summed E-state index contributed by atoms with van der Waals surface area (Å²) >= 11 is 7.30. The SMILES string of the molecule is COCCn1c(SCC(=O)NCCC2=CCCCC2)nc2cc(Cl)ccc2c1=O. The van der Waals surface area contributed by atoms with Crippen molar-refractivity contribution in [2.24, 2.45) is 0 Å². The second-order valence-corrected chi connectivity index (χ2v) is 8.38. The van der Waals surface area contributed by atoms with E-state index in [1.165, 1.54) is 30.2 Å². The molecule has 1 aromatic heterocycles. The Balaban J connectivity index is 1.66. The molecular formula is C21H26ClN3O3S. The zero-order valence-corrected chi connectivity index (χ0v) is 18.2. The minimum Gasteiger partial charge on any atom is -0.383 e. The number of amides is 1. The molecule has 1 aromatic carbocycles. The first kappa shape index (κ1) is 21.9. The normalized spacial score (nSPS) is 14.1. The lowest BCUT2D eigenvalue weighted by Crippen LogP contribution is -2.28. The first-order valence-corrected chi connectivity index (χ1v) is 11.2. The summed E-state index contributed by atoms with van der Waals surface area (Å²) in [6.07, 6.45) is 7.99. The minimum atomic E-state index is -0.157. The van der Waals surface area contributed by atoms with Crippen LogP contribution in [-0.2, 0) is 16.1 Å². The molecule has 1 amide bonds. The van der Waals surface area contributed by atoms with Crippen molar-refractivity contribution in [2.45, 2.75) is 43.8 Å². The van der Waals surface area contributed by atoms with Crippen LogP contribution >= 0.6 is 23.4 Å². The van der Waals surface area contributed by atoms with Gasteiger partial charge >= 0.3 is 0 Å². The quantitative estimate of drug-likeness (QED) is 0.368. The number of benzene rings is 1. The summed E-state index contributed by atoms with van der Waals surface area (Å²) in [7, 11) is 1.58. The van der Waals surface area contributed by atoms with E-state index in [9.17, 15) is 9.59 Å². The van der Waals surface area contributed by atoms with Crippen molar-refractivity contribution in [1.82, 2.24) is 14.9 Å². The number of nitrogens with zero attached hydrogens (tertiary/aromatic N) is 2. The van der Waals surface area contributed by atoms with Crippen molar-refractivity contribution in [3.8, 4) is 0 Å². The highest BCUT2D eigenvalue weighted by molar-refractivity contribution is 7.99. The standard InChI is InChI=1S/C21H26ClN3O3S/c1-28-12-11-25-20(27)17-8-7-16(22)13-18(17)24-21(25)29-14-19(26)23-10-9-15-5-3-2-4-6-15/h5,7-8,13H,2-4,6,9-12,14H2,1H3,(H,23,26). The lowest BCUT2D eigenvalue weighted by molar-refractivity contribution is -0.118. The van der Waals surface area contributed by atoms with Crippen LogP contribution in [0.4, 0.5) is 0 Å². The van der Waals surface area contributed by atoms with Crippen LogP contribution in [0.1, 0.15) is 32.1 Å². The molecule has 0 saturated heterocycles. The Hall–Kier alpha value is -1.83. The third-order valence-corrected chi connectivity index (χ3v) is 6.10. The van der Waals surface area contributed by atoms with Crippen molar-refractivity contribution in [3.05, 3.63) is 45.2 Å². The van der Waals surface area contributed by atoms with Gasteiger partial charge in [0.1, 0.15) is 0 Å². The maximum absolute atomic E-state index is 12.9. The summed E-state index contributed by atoms with van der Waals surface area (Å²) in [4.78, 5) is 29.7. The van der Waals surface area contributed by atoms with Crippen molar-refractivity contribution in [2.75, 3.05) is 26.0 Å². The van der Waals surface area contributed by atoms with Crippen molar-refractivity contribution in [3.63, 3.8) is 0 Å². The molecule has 0 atom stereocenters. The molecule has 1 N–H and O–H groups in total. The molecule has 0 fully saturated rings. The highest BCUT2D eigenvalue weighted by atomic mass is 35.5. The Bertz CT molecular complexity index is 958. The Kier molecular flexibility index (Phi) is 8.15. The fraction of sp³-hybridized carbons (Fsp3) is 0.476. The van der Waals surface area contributed by atoms with Crippen molar-refractivity contribution >= 4 is 40.2 Å². The summed E-state index contributed by atoms with van der Waals surface area (Å²) in [6, 6.07) is 5.02. The van der Waals surface area contributed by atoms with E-state index in [0.29, 0.717) is 40.8 Å². The molecule has 156 valence electrons. The van der Waals surface area contributed by atoms with E-state index < -0.39 is 0 Å². The third kappa shape index (κ3) is 6.07. The lowest BCUT2D eigenvalue weighted by Gasteiger charge is -2.14. The Morgan fingerprint density at radius 3 is 3.00 bits per heavy atom. The molecule has 8 heteroatoms. The highest BCUT2D eigenvalue weighted by Crippen LogP contribution is 2.21. The maximum Gasteiger partial charge on any atom is 0.262 e. The average molecular weight is 436 g/mol. The lowest BCUT2D eigenvalue weighted by atomic mass is 9.97. The number of hydrogen-bond donors (Lipinski definition) is 1. The second kappa shape index (κ2) is 10.8. The smallest absolute Gasteiger partial charge is 0.262 e. The number of ether oxygens (including phenoxy) is 1. The number of halogens is 1. The molecule has 0 saturated carbocycles. The van der Waals surface area contributed by atoms with E-state index >= 15 is 0 Å². The maximum atomic E-state index is 12.9. The van der Waals surface area contributed by atoms with Crippen LogP contribution in [0.2, 0.25) is 5.02 Å². The van der Waals surface area contributed by atoms with Gasteiger partial charge in [-0.1, -0.05) is 35.0 Å². The van der Waals surface area contributed by atoms with Crippen LogP contribution in [0, 0.1) is 0 Å². The van der Waals surface area contributed by atoms with Gasteiger partial charge in [-0.2, -0.15) is 0 Å². The summed E-state index contributed by atoms with van der Waals surface area (Å²) < 4.78 is 6.68. The van der Waals surface area contributed by atoms with E-state index in [0.717, 1.165) is 19.3 Å². The monoisotopic (exact) mass is 435 g/mol. The molecule has 2 aromatic rings. The number of methoxy groups -OCH3 is 1. The van der Waals surface area contributed by atoms with Gasteiger partial charge in [-0.3, -0.25) is 14.2 Å². The predicted molar refractivity (Wildman–Crippen MR) is 118 cm³/mol. The number of allylic oxidation sites excluding steroid dienone is 1. The molecule has 29 heavy (non-hydrogen) atoms. The zero-order chi connectivity index (χ0) is 20.6. The molecule has 0 spiro atoms. The number of thioether (sulfide) groups is 1. The molecule has 0 aliphatic heterocycles. The summed E-state index contributed by atoms with van der Waals surface area (Å²) in [5, 5.41) is 4.47. The van der Waals surface area contributed by atoms with E-state index in [4.69, 9.17) is 16.3 Å². The van der Waals surface area contributed by atoms with E-state index in [1.807, 2.05) is 0 Å². The van der Waals surface area contributed by atoms with Gasteiger partial charge in [0.2, 0.25) is 5.91 Å². The Morgan fingerprint density at radius 2 is 2.24 bits per heavy atom. The molecular weight excluding hydrogens is 410 g/mol. The molecule has 6 nitrogen and oxygen atoms in total. The number of carbonyl (C=O) groups excluding carboxylic acids is 1. The fourth-order valence-corrected chi connectivity index (χ4v) is 4.36. The number of fused-ring (bicyclic) bond motifs is 1. The molecule has 0 radical (unpaired) electrons. The van der Waals surface area contributed by atoms with Crippen LogP contribution in [0.15, 0.2) is 39.8 Å². The van der Waals surface area contributed by atoms with E-state index in [-0.39, 0.29) is 17.2 Å². The Labute approximate surface area is 179 Å². The number of nitrogens with one attached hydrogen (secondary N) is 1. The van der Waals surface area contributed by atoms with Crippen molar-refractivity contribution < 1.29 is 9.53 Å². The molecule has 3 rings (SSSR count). The van der Waals surface area contributed by atoms with Gasteiger partial charge in [-0.15, -0.1) is 0 Å². The van der Waals surface area contributed by atoms with Gasteiger partial charge in [-0.05, 0) is 50.3 Å². The van der Waals surface area contributed by atoms with Crippen LogP contribution in [0.5, 0.6) is 0 Å². The first-order valence-electron chi connectivity index (χ1n) is 9.85. The van der Waals surface area contributed by atoms with E-state index in [1.54, 1.807) is 29.9 Å². The summed E-state index contributed by atoms with van der Waals surface area (Å²) in [5.41, 5.74) is 1.81. The van der Waals surface area contributed by atoms with Crippen LogP contribution in [0.3, 0.4) is 0 Å². The van der Waals surface area contributed by atoms with Gasteiger partial charge < -0.3 is 10.1 Å². The largest absolute Gasteiger partial charge is 0.383 e. The Morgan fingerprint density at radius 1 is 1.38 bits per heavy atom. The molecule has 1 aliphatic carbocycles. The third-order valence-electron chi connectivity index (χ3n) is 4.89.